The number of fused-ring (bicyclic) bond motifs is 1. The fourth-order valence-corrected chi connectivity index (χ4v) is 5.48. The van der Waals surface area contributed by atoms with E-state index >= 15 is 0 Å². The molecular weight excluding hydrogens is 298 g/mol. The molecule has 0 spiro atoms. The summed E-state index contributed by atoms with van der Waals surface area (Å²) in [6, 6.07) is 7.65. The lowest BCUT2D eigenvalue weighted by Gasteiger charge is -2.35. The van der Waals surface area contributed by atoms with Crippen LogP contribution in [0.25, 0.3) is 0 Å². The van der Waals surface area contributed by atoms with Crippen LogP contribution in [0.1, 0.15) is 56.6 Å². The Bertz CT molecular complexity index is 514. The van der Waals surface area contributed by atoms with Crippen LogP contribution >= 0.6 is 23.4 Å². The van der Waals surface area contributed by atoms with E-state index in [0.29, 0.717) is 6.04 Å². The van der Waals surface area contributed by atoms with Gasteiger partial charge in [0.15, 0.2) is 0 Å². The van der Waals surface area contributed by atoms with Gasteiger partial charge in [-0.3, -0.25) is 0 Å². The predicted octanol–water partition coefficient (Wildman–Crippen LogP) is 5.44. The van der Waals surface area contributed by atoms with Gasteiger partial charge >= 0.3 is 0 Å². The third-order valence-corrected chi connectivity index (χ3v) is 6.81. The van der Waals surface area contributed by atoms with Crippen molar-refractivity contribution >= 4 is 23.4 Å². The van der Waals surface area contributed by atoms with Crippen molar-refractivity contribution in [2.24, 2.45) is 11.8 Å². The molecule has 0 radical (unpaired) electrons. The molecule has 0 amide bonds. The largest absolute Gasteiger partial charge is 0.307 e. The molecule has 1 N–H and O–H groups in total. The topological polar surface area (TPSA) is 12.0 Å². The van der Waals surface area contributed by atoms with E-state index in [1.165, 1.54) is 61.2 Å². The Morgan fingerprint density at radius 3 is 2.81 bits per heavy atom. The third kappa shape index (κ3) is 3.28. The van der Waals surface area contributed by atoms with Crippen molar-refractivity contribution in [2.45, 2.75) is 61.9 Å². The smallest absolute Gasteiger partial charge is 0.0410 e. The second-order valence-electron chi connectivity index (χ2n) is 7.00. The highest BCUT2D eigenvalue weighted by Crippen LogP contribution is 2.45. The normalized spacial score (nSPS) is 32.7. The molecule has 21 heavy (non-hydrogen) atoms. The van der Waals surface area contributed by atoms with Gasteiger partial charge in [-0.1, -0.05) is 24.4 Å². The van der Waals surface area contributed by atoms with E-state index in [4.69, 9.17) is 11.6 Å². The molecule has 3 atom stereocenters. The van der Waals surface area contributed by atoms with Crippen molar-refractivity contribution in [3.05, 3.63) is 28.8 Å². The Balaban J connectivity index is 1.46. The van der Waals surface area contributed by atoms with E-state index in [-0.39, 0.29) is 0 Å². The first-order valence-corrected chi connectivity index (χ1v) is 9.84. The van der Waals surface area contributed by atoms with Gasteiger partial charge in [0.25, 0.3) is 0 Å². The van der Waals surface area contributed by atoms with Gasteiger partial charge in [0.1, 0.15) is 0 Å². The molecule has 114 valence electrons. The molecule has 3 aliphatic rings. The zero-order chi connectivity index (χ0) is 14.2. The standard InChI is InChI=1S/C18H24ClNS/c19-14-6-7-18-16(11-14)17(8-9-21-18)20-15-3-1-2-13(10-15)12-4-5-12/h6-7,11-13,15,17,20H,1-5,8-10H2. The van der Waals surface area contributed by atoms with Crippen molar-refractivity contribution in [1.82, 2.24) is 5.32 Å². The van der Waals surface area contributed by atoms with Crippen LogP contribution in [0.5, 0.6) is 0 Å². The summed E-state index contributed by atoms with van der Waals surface area (Å²) in [5, 5.41) is 4.86. The van der Waals surface area contributed by atoms with Gasteiger partial charge in [0, 0.05) is 22.0 Å². The summed E-state index contributed by atoms with van der Waals surface area (Å²) in [5.41, 5.74) is 1.44. The zero-order valence-electron chi connectivity index (χ0n) is 12.5. The Morgan fingerprint density at radius 1 is 1.05 bits per heavy atom. The van der Waals surface area contributed by atoms with Crippen molar-refractivity contribution in [2.75, 3.05) is 5.75 Å². The van der Waals surface area contributed by atoms with Crippen LogP contribution in [0.15, 0.2) is 23.1 Å². The second kappa shape index (κ2) is 6.14. The van der Waals surface area contributed by atoms with E-state index < -0.39 is 0 Å². The molecule has 2 saturated carbocycles. The molecule has 2 fully saturated rings. The maximum Gasteiger partial charge on any atom is 0.0410 e. The molecule has 0 bridgehead atoms. The maximum atomic E-state index is 6.22. The van der Waals surface area contributed by atoms with E-state index in [0.717, 1.165) is 22.9 Å². The fourth-order valence-electron chi connectivity index (χ4n) is 4.20. The summed E-state index contributed by atoms with van der Waals surface area (Å²) >= 11 is 8.20. The highest BCUT2D eigenvalue weighted by atomic mass is 35.5. The van der Waals surface area contributed by atoms with Gasteiger partial charge < -0.3 is 5.32 Å². The lowest BCUT2D eigenvalue weighted by molar-refractivity contribution is 0.244. The van der Waals surface area contributed by atoms with E-state index in [2.05, 4.69) is 17.4 Å². The molecule has 1 nitrogen and oxygen atoms in total. The predicted molar refractivity (Wildman–Crippen MR) is 91.1 cm³/mol. The number of halogens is 1. The van der Waals surface area contributed by atoms with Crippen LogP contribution in [0.2, 0.25) is 5.02 Å². The molecule has 0 saturated heterocycles. The van der Waals surface area contributed by atoms with Gasteiger partial charge in [-0.15, -0.1) is 11.8 Å². The maximum absolute atomic E-state index is 6.22. The minimum atomic E-state index is 0.517. The van der Waals surface area contributed by atoms with Gasteiger partial charge in [0.2, 0.25) is 0 Å². The molecular formula is C18H24ClNS. The average Bonchev–Trinajstić information content (AvgIpc) is 3.33. The number of thioether (sulfide) groups is 1. The zero-order valence-corrected chi connectivity index (χ0v) is 14.1. The van der Waals surface area contributed by atoms with Gasteiger partial charge in [-0.05, 0) is 73.5 Å². The average molecular weight is 322 g/mol. The lowest BCUT2D eigenvalue weighted by atomic mass is 9.82. The fraction of sp³-hybridized carbons (Fsp3) is 0.667. The summed E-state index contributed by atoms with van der Waals surface area (Å²) in [6.07, 6.45) is 9.90. The number of hydrogen-bond acceptors (Lipinski definition) is 2. The molecule has 0 aromatic heterocycles. The minimum absolute atomic E-state index is 0.517. The summed E-state index contributed by atoms with van der Waals surface area (Å²) in [5.74, 6) is 3.30. The Morgan fingerprint density at radius 2 is 1.95 bits per heavy atom. The van der Waals surface area contributed by atoms with E-state index in [1.807, 2.05) is 17.8 Å². The van der Waals surface area contributed by atoms with Crippen molar-refractivity contribution in [3.63, 3.8) is 0 Å². The molecule has 1 aromatic rings. The number of hydrogen-bond donors (Lipinski definition) is 1. The van der Waals surface area contributed by atoms with E-state index in [1.54, 1.807) is 0 Å². The van der Waals surface area contributed by atoms with Crippen LogP contribution in [0.4, 0.5) is 0 Å². The highest BCUT2D eigenvalue weighted by molar-refractivity contribution is 7.99. The molecule has 4 rings (SSSR count). The molecule has 3 unspecified atom stereocenters. The van der Waals surface area contributed by atoms with Crippen molar-refractivity contribution < 1.29 is 0 Å². The van der Waals surface area contributed by atoms with Crippen LogP contribution < -0.4 is 5.32 Å². The number of nitrogens with one attached hydrogen (secondary N) is 1. The lowest BCUT2D eigenvalue weighted by Crippen LogP contribution is -2.38. The van der Waals surface area contributed by atoms with Crippen molar-refractivity contribution in [3.8, 4) is 0 Å². The number of rotatable bonds is 3. The Hall–Kier alpha value is -0.180. The number of benzene rings is 1. The van der Waals surface area contributed by atoms with Crippen LogP contribution in [-0.2, 0) is 0 Å². The van der Waals surface area contributed by atoms with Gasteiger partial charge in [-0.25, -0.2) is 0 Å². The van der Waals surface area contributed by atoms with Crippen LogP contribution in [0.3, 0.4) is 0 Å². The minimum Gasteiger partial charge on any atom is -0.307 e. The summed E-state index contributed by atoms with van der Waals surface area (Å²) in [6.45, 7) is 0. The molecule has 1 aromatic carbocycles. The molecule has 3 heteroatoms. The molecule has 1 heterocycles. The van der Waals surface area contributed by atoms with Gasteiger partial charge in [0.05, 0.1) is 0 Å². The molecule has 2 aliphatic carbocycles. The quantitative estimate of drug-likeness (QED) is 0.796. The second-order valence-corrected chi connectivity index (χ2v) is 8.57. The van der Waals surface area contributed by atoms with Crippen LogP contribution in [0, 0.1) is 11.8 Å². The first kappa shape index (κ1) is 14.4. The van der Waals surface area contributed by atoms with Crippen LogP contribution in [-0.4, -0.2) is 11.8 Å². The highest BCUT2D eigenvalue weighted by Gasteiger charge is 2.35. The monoisotopic (exact) mass is 321 g/mol. The SMILES string of the molecule is Clc1ccc2c(c1)C(NC1CCCC(C3CC3)C1)CCS2. The Labute approximate surface area is 137 Å². The summed E-state index contributed by atoms with van der Waals surface area (Å²) in [7, 11) is 0. The summed E-state index contributed by atoms with van der Waals surface area (Å²) in [4.78, 5) is 1.43. The van der Waals surface area contributed by atoms with Gasteiger partial charge in [-0.2, -0.15) is 0 Å². The van der Waals surface area contributed by atoms with Crippen molar-refractivity contribution in [1.29, 1.82) is 0 Å². The first-order valence-electron chi connectivity index (χ1n) is 8.48. The third-order valence-electron chi connectivity index (χ3n) is 5.45. The summed E-state index contributed by atoms with van der Waals surface area (Å²) < 4.78 is 0. The molecule has 1 aliphatic heterocycles. The van der Waals surface area contributed by atoms with E-state index in [9.17, 15) is 0 Å². The first-order chi connectivity index (χ1) is 10.3. The Kier molecular flexibility index (Phi) is 4.21.